The van der Waals surface area contributed by atoms with Crippen LogP contribution in [0.2, 0.25) is 0 Å². The standard InChI is InChI=1S/C21H19N3O3/c1-2-13-22-21(26)24-17-10-8-16(9-11-17)23-20(25)19-18(12-14-27-19)15-6-4-3-5-7-15/h2-12,14H,1,13H2,(H,23,25)(H2,22,24,26). The molecule has 3 amide bonds. The van der Waals surface area contributed by atoms with Crippen LogP contribution in [0.4, 0.5) is 16.2 Å². The molecule has 1 aromatic heterocycles. The second-order valence-corrected chi connectivity index (χ2v) is 5.68. The van der Waals surface area contributed by atoms with Gasteiger partial charge in [-0.25, -0.2) is 4.79 Å². The van der Waals surface area contributed by atoms with Crippen molar-refractivity contribution in [1.29, 1.82) is 0 Å². The Morgan fingerprint density at radius 3 is 2.26 bits per heavy atom. The van der Waals surface area contributed by atoms with E-state index in [0.29, 0.717) is 17.9 Å². The molecule has 0 unspecified atom stereocenters. The van der Waals surface area contributed by atoms with Gasteiger partial charge in [-0.05, 0) is 35.9 Å². The molecule has 0 atom stereocenters. The number of furan rings is 1. The van der Waals surface area contributed by atoms with Crippen molar-refractivity contribution < 1.29 is 14.0 Å². The summed E-state index contributed by atoms with van der Waals surface area (Å²) in [5.74, 6) is -0.101. The van der Waals surface area contributed by atoms with E-state index in [-0.39, 0.29) is 17.7 Å². The van der Waals surface area contributed by atoms with Crippen molar-refractivity contribution in [3.8, 4) is 11.1 Å². The lowest BCUT2D eigenvalue weighted by Gasteiger charge is -2.08. The zero-order valence-corrected chi connectivity index (χ0v) is 14.6. The molecule has 0 radical (unpaired) electrons. The van der Waals surface area contributed by atoms with E-state index in [9.17, 15) is 9.59 Å². The molecule has 1 heterocycles. The van der Waals surface area contributed by atoms with Gasteiger partial charge < -0.3 is 20.4 Å². The number of benzene rings is 2. The Hall–Kier alpha value is -3.80. The average molecular weight is 361 g/mol. The summed E-state index contributed by atoms with van der Waals surface area (Å²) in [6.45, 7) is 3.92. The van der Waals surface area contributed by atoms with Gasteiger partial charge in [0.1, 0.15) is 0 Å². The van der Waals surface area contributed by atoms with Gasteiger partial charge >= 0.3 is 6.03 Å². The van der Waals surface area contributed by atoms with Crippen molar-refractivity contribution in [3.63, 3.8) is 0 Å². The molecule has 0 fully saturated rings. The van der Waals surface area contributed by atoms with Crippen LogP contribution in [0.3, 0.4) is 0 Å². The largest absolute Gasteiger partial charge is 0.459 e. The van der Waals surface area contributed by atoms with Crippen LogP contribution in [-0.2, 0) is 0 Å². The Labute approximate surface area is 156 Å². The number of hydrogen-bond acceptors (Lipinski definition) is 3. The zero-order valence-electron chi connectivity index (χ0n) is 14.6. The molecule has 0 aliphatic heterocycles. The molecule has 3 N–H and O–H groups in total. The summed E-state index contributed by atoms with van der Waals surface area (Å²) in [5.41, 5.74) is 2.83. The predicted molar refractivity (Wildman–Crippen MR) is 106 cm³/mol. The van der Waals surface area contributed by atoms with E-state index in [0.717, 1.165) is 11.1 Å². The highest BCUT2D eigenvalue weighted by Gasteiger charge is 2.16. The third-order valence-electron chi connectivity index (χ3n) is 3.76. The molecule has 0 aliphatic rings. The number of hydrogen-bond donors (Lipinski definition) is 3. The summed E-state index contributed by atoms with van der Waals surface area (Å²) in [5, 5.41) is 8.10. The maximum atomic E-state index is 12.6. The summed E-state index contributed by atoms with van der Waals surface area (Å²) in [7, 11) is 0. The first-order chi connectivity index (χ1) is 13.2. The first-order valence-corrected chi connectivity index (χ1v) is 8.37. The van der Waals surface area contributed by atoms with Crippen molar-refractivity contribution in [1.82, 2.24) is 5.32 Å². The van der Waals surface area contributed by atoms with E-state index in [1.54, 1.807) is 36.4 Å². The highest BCUT2D eigenvalue weighted by molar-refractivity contribution is 6.06. The molecule has 136 valence electrons. The molecule has 2 aromatic carbocycles. The van der Waals surface area contributed by atoms with Gasteiger partial charge in [-0.15, -0.1) is 6.58 Å². The third kappa shape index (κ3) is 4.64. The molecular weight excluding hydrogens is 342 g/mol. The van der Waals surface area contributed by atoms with Crippen molar-refractivity contribution in [3.05, 3.63) is 85.3 Å². The molecule has 6 heteroatoms. The molecule has 3 rings (SSSR count). The zero-order chi connectivity index (χ0) is 19.1. The topological polar surface area (TPSA) is 83.4 Å². The first kappa shape index (κ1) is 18.0. The summed E-state index contributed by atoms with van der Waals surface area (Å²) in [6, 6.07) is 17.8. The summed E-state index contributed by atoms with van der Waals surface area (Å²) >= 11 is 0. The Kier molecular flexibility index (Phi) is 5.69. The molecule has 0 saturated carbocycles. The van der Waals surface area contributed by atoms with Crippen molar-refractivity contribution in [2.24, 2.45) is 0 Å². The van der Waals surface area contributed by atoms with E-state index in [2.05, 4.69) is 22.5 Å². The van der Waals surface area contributed by atoms with Crippen LogP contribution in [0, 0.1) is 0 Å². The number of carbonyl (C=O) groups excluding carboxylic acids is 2. The Balaban J connectivity index is 1.66. The van der Waals surface area contributed by atoms with E-state index < -0.39 is 0 Å². The maximum absolute atomic E-state index is 12.6. The van der Waals surface area contributed by atoms with Crippen LogP contribution in [0.5, 0.6) is 0 Å². The fourth-order valence-corrected chi connectivity index (χ4v) is 2.50. The normalized spacial score (nSPS) is 10.1. The van der Waals surface area contributed by atoms with Gasteiger partial charge in [-0.2, -0.15) is 0 Å². The van der Waals surface area contributed by atoms with Crippen LogP contribution in [-0.4, -0.2) is 18.5 Å². The smallest absolute Gasteiger partial charge is 0.319 e. The SMILES string of the molecule is C=CCNC(=O)Nc1ccc(NC(=O)c2occc2-c2ccccc2)cc1. The number of urea groups is 1. The molecule has 0 aliphatic carbocycles. The van der Waals surface area contributed by atoms with E-state index in [1.807, 2.05) is 30.3 Å². The second-order valence-electron chi connectivity index (χ2n) is 5.68. The first-order valence-electron chi connectivity index (χ1n) is 8.37. The van der Waals surface area contributed by atoms with Gasteiger partial charge in [0, 0.05) is 23.5 Å². The molecule has 0 bridgehead atoms. The number of rotatable bonds is 6. The minimum absolute atomic E-state index is 0.243. The Morgan fingerprint density at radius 1 is 0.926 bits per heavy atom. The summed E-state index contributed by atoms with van der Waals surface area (Å²) in [6.07, 6.45) is 3.09. The fraction of sp³-hybridized carbons (Fsp3) is 0.0476. The maximum Gasteiger partial charge on any atom is 0.319 e. The van der Waals surface area contributed by atoms with Gasteiger partial charge in [0.05, 0.1) is 6.26 Å². The summed E-state index contributed by atoms with van der Waals surface area (Å²) < 4.78 is 5.38. The van der Waals surface area contributed by atoms with Crippen LogP contribution >= 0.6 is 0 Å². The van der Waals surface area contributed by atoms with Crippen LogP contribution in [0.15, 0.2) is 84.0 Å². The van der Waals surface area contributed by atoms with E-state index in [1.165, 1.54) is 6.26 Å². The van der Waals surface area contributed by atoms with Crippen molar-refractivity contribution in [2.45, 2.75) is 0 Å². The Morgan fingerprint density at radius 2 is 1.59 bits per heavy atom. The summed E-state index contributed by atoms with van der Waals surface area (Å²) in [4.78, 5) is 24.2. The van der Waals surface area contributed by atoms with Gasteiger partial charge in [0.25, 0.3) is 5.91 Å². The second kappa shape index (κ2) is 8.53. The lowest BCUT2D eigenvalue weighted by Crippen LogP contribution is -2.28. The van der Waals surface area contributed by atoms with E-state index in [4.69, 9.17) is 4.42 Å². The minimum Gasteiger partial charge on any atom is -0.459 e. The highest BCUT2D eigenvalue weighted by Crippen LogP contribution is 2.25. The van der Waals surface area contributed by atoms with Gasteiger partial charge in [-0.3, -0.25) is 4.79 Å². The Bertz CT molecular complexity index is 931. The fourth-order valence-electron chi connectivity index (χ4n) is 2.50. The minimum atomic E-state index is -0.344. The average Bonchev–Trinajstić information content (AvgIpc) is 3.18. The lowest BCUT2D eigenvalue weighted by atomic mass is 10.1. The van der Waals surface area contributed by atoms with Crippen molar-refractivity contribution >= 4 is 23.3 Å². The lowest BCUT2D eigenvalue weighted by molar-refractivity contribution is 0.0997. The van der Waals surface area contributed by atoms with Crippen LogP contribution < -0.4 is 16.0 Å². The predicted octanol–water partition coefficient (Wildman–Crippen LogP) is 4.51. The van der Waals surface area contributed by atoms with Gasteiger partial charge in [-0.1, -0.05) is 36.4 Å². The van der Waals surface area contributed by atoms with E-state index >= 15 is 0 Å². The van der Waals surface area contributed by atoms with Crippen molar-refractivity contribution in [2.75, 3.05) is 17.2 Å². The van der Waals surface area contributed by atoms with Crippen LogP contribution in [0.25, 0.3) is 11.1 Å². The molecule has 0 saturated heterocycles. The van der Waals surface area contributed by atoms with Crippen LogP contribution in [0.1, 0.15) is 10.6 Å². The number of amides is 3. The molecular formula is C21H19N3O3. The quantitative estimate of drug-likeness (QED) is 0.565. The van der Waals surface area contributed by atoms with Gasteiger partial charge in [0.2, 0.25) is 0 Å². The highest BCUT2D eigenvalue weighted by atomic mass is 16.3. The number of anilines is 2. The molecule has 27 heavy (non-hydrogen) atoms. The molecule has 3 aromatic rings. The number of carbonyl (C=O) groups is 2. The third-order valence-corrected chi connectivity index (χ3v) is 3.76. The number of nitrogens with one attached hydrogen (secondary N) is 3. The monoisotopic (exact) mass is 361 g/mol. The van der Waals surface area contributed by atoms with Gasteiger partial charge in [0.15, 0.2) is 5.76 Å². The molecule has 0 spiro atoms. The molecule has 6 nitrogen and oxygen atoms in total.